The van der Waals surface area contributed by atoms with Gasteiger partial charge in [-0.3, -0.25) is 14.3 Å². The van der Waals surface area contributed by atoms with Crippen molar-refractivity contribution in [2.45, 2.75) is 45.2 Å². The van der Waals surface area contributed by atoms with Gasteiger partial charge in [0.05, 0.1) is 19.0 Å². The van der Waals surface area contributed by atoms with Crippen LogP contribution in [0.4, 0.5) is 5.69 Å². The summed E-state index contributed by atoms with van der Waals surface area (Å²) in [7, 11) is 1.55. The number of halogens is 1. The highest BCUT2D eigenvalue weighted by Crippen LogP contribution is 2.36. The number of hydrogen-bond acceptors (Lipinski definition) is 6. The van der Waals surface area contributed by atoms with Crippen LogP contribution in [0.2, 0.25) is 5.02 Å². The highest BCUT2D eigenvalue weighted by atomic mass is 35.5. The molecule has 37 heavy (non-hydrogen) atoms. The van der Waals surface area contributed by atoms with Gasteiger partial charge in [0.25, 0.3) is 5.91 Å². The summed E-state index contributed by atoms with van der Waals surface area (Å²) in [5.41, 5.74) is 2.19. The Bertz CT molecular complexity index is 1440. The molecule has 3 heterocycles. The summed E-state index contributed by atoms with van der Waals surface area (Å²) in [6, 6.07) is 7.17. The lowest BCUT2D eigenvalue weighted by molar-refractivity contribution is -0.134. The van der Waals surface area contributed by atoms with E-state index in [4.69, 9.17) is 16.3 Å². The monoisotopic (exact) mass is 521 g/mol. The number of aromatic nitrogens is 5. The Morgan fingerprint density at radius 3 is 2.84 bits per heavy atom. The number of amides is 2. The zero-order chi connectivity index (χ0) is 25.9. The fourth-order valence-electron chi connectivity index (χ4n) is 4.92. The fraction of sp³-hybridized carbons (Fsp3) is 0.346. The number of benzene rings is 1. The number of likely N-dealkylation sites (N-methyl/N-ethyl adjacent to an activating group) is 1. The zero-order valence-electron chi connectivity index (χ0n) is 20.7. The molecule has 0 bridgehead atoms. The van der Waals surface area contributed by atoms with Crippen LogP contribution in [0.25, 0.3) is 16.9 Å². The Labute approximate surface area is 219 Å². The average molecular weight is 522 g/mol. The lowest BCUT2D eigenvalue weighted by Gasteiger charge is -2.27. The summed E-state index contributed by atoms with van der Waals surface area (Å²) in [6.45, 7) is 2.69. The van der Waals surface area contributed by atoms with Crippen molar-refractivity contribution in [1.29, 1.82) is 0 Å². The number of carbonyl (C=O) groups is 2. The Kier molecular flexibility index (Phi) is 7.09. The molecular weight excluding hydrogens is 494 g/mol. The third kappa shape index (κ3) is 5.01. The maximum atomic E-state index is 13.3. The lowest BCUT2D eigenvalue weighted by atomic mass is 10.1. The van der Waals surface area contributed by atoms with Gasteiger partial charge >= 0.3 is 0 Å². The first-order valence-electron chi connectivity index (χ1n) is 12.3. The number of rotatable bonds is 8. The number of nitrogens with one attached hydrogen (secondary N) is 1. The molecule has 1 saturated carbocycles. The van der Waals surface area contributed by atoms with Gasteiger partial charge in [0.2, 0.25) is 5.91 Å². The van der Waals surface area contributed by atoms with Gasteiger partial charge in [0, 0.05) is 41.8 Å². The number of hydrogen-bond donors (Lipinski definition) is 1. The molecule has 0 spiro atoms. The van der Waals surface area contributed by atoms with Gasteiger partial charge in [0.1, 0.15) is 23.6 Å². The summed E-state index contributed by atoms with van der Waals surface area (Å²) in [6.07, 6.45) is 10.8. The van der Waals surface area contributed by atoms with Crippen molar-refractivity contribution in [2.24, 2.45) is 0 Å². The molecule has 0 unspecified atom stereocenters. The first kappa shape index (κ1) is 24.8. The normalized spacial score (nSPS) is 13.7. The van der Waals surface area contributed by atoms with E-state index in [9.17, 15) is 9.59 Å². The third-order valence-corrected chi connectivity index (χ3v) is 6.91. The van der Waals surface area contributed by atoms with Gasteiger partial charge in [-0.2, -0.15) is 10.2 Å². The second kappa shape index (κ2) is 10.6. The Balaban J connectivity index is 1.49. The quantitative estimate of drug-likeness (QED) is 0.370. The molecule has 1 aliphatic rings. The van der Waals surface area contributed by atoms with Crippen LogP contribution < -0.4 is 10.1 Å². The van der Waals surface area contributed by atoms with E-state index in [1.54, 1.807) is 54.6 Å². The number of carbonyl (C=O) groups excluding carboxylic acids is 2. The van der Waals surface area contributed by atoms with Crippen molar-refractivity contribution < 1.29 is 14.3 Å². The smallest absolute Gasteiger partial charge is 0.261 e. The summed E-state index contributed by atoms with van der Waals surface area (Å²) in [5, 5.41) is 12.3. The molecular formula is C26H28ClN7O3. The standard InChI is InChI=1S/C26H28ClN7O3/c1-3-33(18-7-4-5-8-18)23(35)16-32-15-21(24(31-32)19-13-17(27)9-10-22(19)37-2)30-26(36)20-14-29-34-12-6-11-28-25(20)34/h6,9-15,18H,3-5,7-8,16H2,1-2H3,(H,30,36). The van der Waals surface area contributed by atoms with E-state index >= 15 is 0 Å². The van der Waals surface area contributed by atoms with Crippen LogP contribution in [0.3, 0.4) is 0 Å². The minimum atomic E-state index is -0.400. The molecule has 2 amide bonds. The van der Waals surface area contributed by atoms with Crippen LogP contribution in [0.5, 0.6) is 5.75 Å². The number of fused-ring (bicyclic) bond motifs is 1. The van der Waals surface area contributed by atoms with Gasteiger partial charge in [0.15, 0.2) is 5.65 Å². The predicted molar refractivity (Wildman–Crippen MR) is 140 cm³/mol. The van der Waals surface area contributed by atoms with Gasteiger partial charge in [-0.15, -0.1) is 0 Å². The van der Waals surface area contributed by atoms with Gasteiger partial charge in [-0.25, -0.2) is 9.50 Å². The molecule has 0 atom stereocenters. The maximum absolute atomic E-state index is 13.3. The molecule has 11 heteroatoms. The Morgan fingerprint density at radius 1 is 1.27 bits per heavy atom. The van der Waals surface area contributed by atoms with Crippen LogP contribution >= 0.6 is 11.6 Å². The van der Waals surface area contributed by atoms with Crippen molar-refractivity contribution in [3.8, 4) is 17.0 Å². The minimum Gasteiger partial charge on any atom is -0.496 e. The van der Waals surface area contributed by atoms with E-state index < -0.39 is 5.91 Å². The van der Waals surface area contributed by atoms with Crippen molar-refractivity contribution in [3.05, 3.63) is 59.6 Å². The third-order valence-electron chi connectivity index (χ3n) is 6.67. The topological polar surface area (TPSA) is 107 Å². The van der Waals surface area contributed by atoms with Crippen LogP contribution in [-0.4, -0.2) is 60.8 Å². The van der Waals surface area contributed by atoms with E-state index in [0.717, 1.165) is 25.7 Å². The number of ether oxygens (including phenoxy) is 1. The second-order valence-corrected chi connectivity index (χ2v) is 9.39. The Morgan fingerprint density at radius 2 is 2.08 bits per heavy atom. The van der Waals surface area contributed by atoms with Crippen LogP contribution in [-0.2, 0) is 11.3 Å². The molecule has 3 aromatic heterocycles. The summed E-state index contributed by atoms with van der Waals surface area (Å²) >= 11 is 6.29. The largest absolute Gasteiger partial charge is 0.496 e. The average Bonchev–Trinajstić information content (AvgIpc) is 3.65. The van der Waals surface area contributed by atoms with Gasteiger partial charge in [-0.05, 0) is 44.0 Å². The molecule has 192 valence electrons. The fourth-order valence-corrected chi connectivity index (χ4v) is 5.09. The molecule has 0 radical (unpaired) electrons. The molecule has 0 aliphatic heterocycles. The van der Waals surface area contributed by atoms with Crippen molar-refractivity contribution in [2.75, 3.05) is 19.0 Å². The molecule has 1 N–H and O–H groups in total. The molecule has 0 saturated heterocycles. The summed E-state index contributed by atoms with van der Waals surface area (Å²) < 4.78 is 8.62. The highest BCUT2D eigenvalue weighted by molar-refractivity contribution is 6.31. The van der Waals surface area contributed by atoms with E-state index in [-0.39, 0.29) is 18.5 Å². The van der Waals surface area contributed by atoms with Crippen molar-refractivity contribution in [3.63, 3.8) is 0 Å². The minimum absolute atomic E-state index is 0.00813. The first-order valence-corrected chi connectivity index (χ1v) is 12.7. The lowest BCUT2D eigenvalue weighted by Crippen LogP contribution is -2.40. The predicted octanol–water partition coefficient (Wildman–Crippen LogP) is 4.30. The van der Waals surface area contributed by atoms with E-state index in [1.165, 1.54) is 10.7 Å². The first-order chi connectivity index (χ1) is 18.0. The van der Waals surface area contributed by atoms with E-state index in [0.29, 0.717) is 45.5 Å². The van der Waals surface area contributed by atoms with Crippen molar-refractivity contribution >= 4 is 34.7 Å². The Hall–Kier alpha value is -3.92. The second-order valence-electron chi connectivity index (χ2n) is 8.95. The number of anilines is 1. The summed E-state index contributed by atoms with van der Waals surface area (Å²) in [4.78, 5) is 32.7. The zero-order valence-corrected chi connectivity index (χ0v) is 21.5. The van der Waals surface area contributed by atoms with Crippen molar-refractivity contribution in [1.82, 2.24) is 29.3 Å². The molecule has 5 rings (SSSR count). The molecule has 1 fully saturated rings. The summed E-state index contributed by atoms with van der Waals surface area (Å²) in [5.74, 6) is 0.129. The number of methoxy groups -OCH3 is 1. The van der Waals surface area contributed by atoms with Gasteiger partial charge < -0.3 is 15.0 Å². The van der Waals surface area contributed by atoms with Crippen LogP contribution in [0.1, 0.15) is 43.0 Å². The van der Waals surface area contributed by atoms with E-state index in [2.05, 4.69) is 20.5 Å². The van der Waals surface area contributed by atoms with E-state index in [1.807, 2.05) is 11.8 Å². The maximum Gasteiger partial charge on any atom is 0.261 e. The molecule has 1 aromatic carbocycles. The molecule has 10 nitrogen and oxygen atoms in total. The number of nitrogens with zero attached hydrogens (tertiary/aromatic N) is 6. The molecule has 1 aliphatic carbocycles. The SMILES string of the molecule is CCN(C(=O)Cn1cc(NC(=O)c2cnn3cccnc23)c(-c2cc(Cl)ccc2OC)n1)C1CCCC1. The highest BCUT2D eigenvalue weighted by Gasteiger charge is 2.27. The van der Waals surface area contributed by atoms with Crippen LogP contribution in [0, 0.1) is 0 Å². The molecule has 4 aromatic rings. The van der Waals surface area contributed by atoms with Gasteiger partial charge in [-0.1, -0.05) is 24.4 Å². The van der Waals surface area contributed by atoms with Crippen LogP contribution in [0.15, 0.2) is 49.1 Å².